The first-order valence-electron chi connectivity index (χ1n) is 12.0. The van der Waals surface area contributed by atoms with Crippen molar-refractivity contribution in [1.82, 2.24) is 9.36 Å². The van der Waals surface area contributed by atoms with Gasteiger partial charge in [0.25, 0.3) is 5.56 Å². The van der Waals surface area contributed by atoms with Gasteiger partial charge in [-0.05, 0) is 61.2 Å². The van der Waals surface area contributed by atoms with Crippen LogP contribution in [0, 0.1) is 13.8 Å². The van der Waals surface area contributed by atoms with Crippen LogP contribution < -0.4 is 20.3 Å². The van der Waals surface area contributed by atoms with Crippen molar-refractivity contribution >= 4 is 11.6 Å². The standard InChI is InChI=1S/C29H29N3O4/c1-5-20-9-6-7-11-24(20)30-26(33)17-31-29-23(16-21-10-8-12-25(35-4)27(21)36-29)28(34)32(31)22-14-13-18(2)19(3)15-22/h6-15H,5,16-17H2,1-4H3,(H,30,33). The van der Waals surface area contributed by atoms with Crippen molar-refractivity contribution in [1.29, 1.82) is 0 Å². The lowest BCUT2D eigenvalue weighted by Crippen LogP contribution is -2.27. The molecule has 1 aliphatic heterocycles. The van der Waals surface area contributed by atoms with Crippen molar-refractivity contribution in [3.05, 3.63) is 98.8 Å². The summed E-state index contributed by atoms with van der Waals surface area (Å²) in [6.07, 6.45) is 1.18. The summed E-state index contributed by atoms with van der Waals surface area (Å²) in [6, 6.07) is 19.2. The SMILES string of the molecule is CCc1ccccc1NC(=O)Cn1c2c(c(=O)n1-c1ccc(C)c(C)c1)Cc1cccc(OC)c1O2. The van der Waals surface area contributed by atoms with Gasteiger partial charge >= 0.3 is 0 Å². The molecule has 0 bridgehead atoms. The highest BCUT2D eigenvalue weighted by atomic mass is 16.5. The van der Waals surface area contributed by atoms with E-state index in [4.69, 9.17) is 9.47 Å². The maximum Gasteiger partial charge on any atom is 0.278 e. The Kier molecular flexibility index (Phi) is 6.14. The molecule has 36 heavy (non-hydrogen) atoms. The van der Waals surface area contributed by atoms with Gasteiger partial charge in [-0.25, -0.2) is 9.36 Å². The first kappa shape index (κ1) is 23.5. The van der Waals surface area contributed by atoms with E-state index in [1.54, 1.807) is 16.5 Å². The molecule has 3 aromatic carbocycles. The van der Waals surface area contributed by atoms with Crippen molar-refractivity contribution < 1.29 is 14.3 Å². The third-order valence-electron chi connectivity index (χ3n) is 6.73. The second kappa shape index (κ2) is 9.41. The zero-order chi connectivity index (χ0) is 25.4. The largest absolute Gasteiger partial charge is 0.493 e. The number of amides is 1. The minimum absolute atomic E-state index is 0.0972. The number of hydrogen-bond donors (Lipinski definition) is 1. The zero-order valence-electron chi connectivity index (χ0n) is 20.9. The summed E-state index contributed by atoms with van der Waals surface area (Å²) in [4.78, 5) is 27.0. The van der Waals surface area contributed by atoms with E-state index in [-0.39, 0.29) is 18.0 Å². The second-order valence-electron chi connectivity index (χ2n) is 9.01. The van der Waals surface area contributed by atoms with Crippen LogP contribution in [0.25, 0.3) is 5.69 Å². The summed E-state index contributed by atoms with van der Waals surface area (Å²) in [5.74, 6) is 1.25. The zero-order valence-corrected chi connectivity index (χ0v) is 20.9. The van der Waals surface area contributed by atoms with Gasteiger partial charge in [-0.3, -0.25) is 9.59 Å². The van der Waals surface area contributed by atoms with Gasteiger partial charge in [-0.2, -0.15) is 0 Å². The van der Waals surface area contributed by atoms with Crippen LogP contribution in [0.15, 0.2) is 65.5 Å². The number of para-hydroxylation sites is 2. The molecule has 0 fully saturated rings. The predicted octanol–water partition coefficient (Wildman–Crippen LogP) is 5.16. The average Bonchev–Trinajstić information content (AvgIpc) is 3.14. The molecule has 0 atom stereocenters. The van der Waals surface area contributed by atoms with Gasteiger partial charge in [0, 0.05) is 17.7 Å². The Morgan fingerprint density at radius 2 is 1.86 bits per heavy atom. The molecule has 7 heteroatoms. The number of hydrogen-bond acceptors (Lipinski definition) is 4. The Hall–Kier alpha value is -4.26. The molecule has 0 saturated heterocycles. The van der Waals surface area contributed by atoms with E-state index < -0.39 is 0 Å². The summed E-state index contributed by atoms with van der Waals surface area (Å²) in [7, 11) is 1.58. The van der Waals surface area contributed by atoms with E-state index in [1.807, 2.05) is 81.4 Å². The maximum atomic E-state index is 13.7. The van der Waals surface area contributed by atoms with Crippen LogP contribution in [0.4, 0.5) is 5.69 Å². The number of fused-ring (bicyclic) bond motifs is 2. The second-order valence-corrected chi connectivity index (χ2v) is 9.01. The van der Waals surface area contributed by atoms with Crippen LogP contribution in [0.3, 0.4) is 0 Å². The van der Waals surface area contributed by atoms with E-state index in [1.165, 1.54) is 0 Å². The number of aromatic nitrogens is 2. The minimum Gasteiger partial charge on any atom is -0.493 e. The number of carbonyl (C=O) groups is 1. The van der Waals surface area contributed by atoms with Crippen molar-refractivity contribution in [3.63, 3.8) is 0 Å². The highest BCUT2D eigenvalue weighted by Gasteiger charge is 2.31. The van der Waals surface area contributed by atoms with Crippen molar-refractivity contribution in [2.45, 2.75) is 40.2 Å². The maximum absolute atomic E-state index is 13.7. The van der Waals surface area contributed by atoms with Gasteiger partial charge in [0.2, 0.25) is 11.8 Å². The van der Waals surface area contributed by atoms with E-state index in [0.29, 0.717) is 35.1 Å². The van der Waals surface area contributed by atoms with Gasteiger partial charge < -0.3 is 14.8 Å². The molecule has 0 saturated carbocycles. The number of nitrogens with zero attached hydrogens (tertiary/aromatic N) is 2. The van der Waals surface area contributed by atoms with Gasteiger partial charge in [-0.1, -0.05) is 43.3 Å². The Morgan fingerprint density at radius 3 is 2.61 bits per heavy atom. The lowest BCUT2D eigenvalue weighted by Gasteiger charge is -2.21. The number of anilines is 1. The number of rotatable bonds is 6. The fourth-order valence-corrected chi connectivity index (χ4v) is 4.64. The first-order valence-corrected chi connectivity index (χ1v) is 12.0. The van der Waals surface area contributed by atoms with Crippen LogP contribution in [-0.4, -0.2) is 22.4 Å². The Bertz CT molecular complexity index is 1530. The Balaban J connectivity index is 1.62. The van der Waals surface area contributed by atoms with Crippen LogP contribution in [0.2, 0.25) is 0 Å². The average molecular weight is 484 g/mol. The highest BCUT2D eigenvalue weighted by molar-refractivity contribution is 5.91. The Morgan fingerprint density at radius 1 is 1.06 bits per heavy atom. The van der Waals surface area contributed by atoms with Crippen LogP contribution >= 0.6 is 0 Å². The third kappa shape index (κ3) is 4.06. The van der Waals surface area contributed by atoms with Crippen LogP contribution in [0.5, 0.6) is 17.4 Å². The van der Waals surface area contributed by atoms with E-state index >= 15 is 0 Å². The van der Waals surface area contributed by atoms with Crippen LogP contribution in [-0.2, 0) is 24.2 Å². The molecule has 0 radical (unpaired) electrons. The molecule has 1 aromatic heterocycles. The number of aryl methyl sites for hydroxylation is 3. The normalized spacial score (nSPS) is 11.9. The first-order chi connectivity index (χ1) is 17.4. The molecule has 184 valence electrons. The molecule has 0 unspecified atom stereocenters. The summed E-state index contributed by atoms with van der Waals surface area (Å²) < 4.78 is 15.0. The number of nitrogens with one attached hydrogen (secondary N) is 1. The molecule has 7 nitrogen and oxygen atoms in total. The fourth-order valence-electron chi connectivity index (χ4n) is 4.64. The molecule has 1 amide bonds. The van der Waals surface area contributed by atoms with Crippen molar-refractivity contribution in [2.75, 3.05) is 12.4 Å². The summed E-state index contributed by atoms with van der Waals surface area (Å²) >= 11 is 0. The molecule has 4 aromatic rings. The summed E-state index contributed by atoms with van der Waals surface area (Å²) in [5, 5.41) is 3.01. The molecule has 2 heterocycles. The molecule has 0 aliphatic carbocycles. The van der Waals surface area contributed by atoms with E-state index in [0.717, 1.165) is 34.4 Å². The molecular weight excluding hydrogens is 454 g/mol. The van der Waals surface area contributed by atoms with Gasteiger partial charge in [-0.15, -0.1) is 0 Å². The fraction of sp³-hybridized carbons (Fsp3) is 0.241. The van der Waals surface area contributed by atoms with Gasteiger partial charge in [0.05, 0.1) is 18.4 Å². The monoisotopic (exact) mass is 483 g/mol. The molecule has 5 rings (SSSR count). The number of methoxy groups -OCH3 is 1. The number of carbonyl (C=O) groups excluding carboxylic acids is 1. The predicted molar refractivity (Wildman–Crippen MR) is 140 cm³/mol. The molecular formula is C29H29N3O4. The molecule has 0 spiro atoms. The number of ether oxygens (including phenoxy) is 2. The van der Waals surface area contributed by atoms with E-state index in [2.05, 4.69) is 5.32 Å². The van der Waals surface area contributed by atoms with Crippen molar-refractivity contribution in [3.8, 4) is 23.1 Å². The van der Waals surface area contributed by atoms with E-state index in [9.17, 15) is 9.59 Å². The van der Waals surface area contributed by atoms with Gasteiger partial charge in [0.1, 0.15) is 6.54 Å². The highest BCUT2D eigenvalue weighted by Crippen LogP contribution is 2.41. The quantitative estimate of drug-likeness (QED) is 0.362. The summed E-state index contributed by atoms with van der Waals surface area (Å²) in [6.45, 7) is 5.97. The topological polar surface area (TPSA) is 74.5 Å². The Labute approximate surface area is 209 Å². The molecule has 1 N–H and O–H groups in total. The number of benzene rings is 3. The van der Waals surface area contributed by atoms with Gasteiger partial charge in [0.15, 0.2) is 11.5 Å². The third-order valence-corrected chi connectivity index (χ3v) is 6.73. The smallest absolute Gasteiger partial charge is 0.278 e. The molecule has 1 aliphatic rings. The van der Waals surface area contributed by atoms with Crippen molar-refractivity contribution in [2.24, 2.45) is 0 Å². The van der Waals surface area contributed by atoms with Crippen LogP contribution in [0.1, 0.15) is 34.7 Å². The lowest BCUT2D eigenvalue weighted by molar-refractivity contribution is -0.117. The minimum atomic E-state index is -0.249. The lowest BCUT2D eigenvalue weighted by atomic mass is 10.0. The summed E-state index contributed by atoms with van der Waals surface area (Å²) in [5.41, 5.74) is 5.83.